The van der Waals surface area contributed by atoms with Gasteiger partial charge in [-0.1, -0.05) is 24.3 Å². The normalized spacial score (nSPS) is 20.8. The van der Waals surface area contributed by atoms with Crippen LogP contribution in [-0.4, -0.2) is 85.6 Å². The van der Waals surface area contributed by atoms with Crippen LogP contribution in [0, 0.1) is 12.7 Å². The Morgan fingerprint density at radius 1 is 0.982 bits per heavy atom. The van der Waals surface area contributed by atoms with Gasteiger partial charge in [0.1, 0.15) is 36.5 Å². The van der Waals surface area contributed by atoms with Gasteiger partial charge in [0.25, 0.3) is 0 Å². The molecule has 294 valence electrons. The average Bonchev–Trinajstić information content (AvgIpc) is 3.48. The minimum Gasteiger partial charge on any atom is -0.486 e. The molecule has 14 nitrogen and oxygen atoms in total. The molecule has 0 radical (unpaired) electrons. The van der Waals surface area contributed by atoms with Crippen molar-refractivity contribution in [2.24, 2.45) is 0 Å². The highest BCUT2D eigenvalue weighted by Crippen LogP contribution is 2.53. The van der Waals surface area contributed by atoms with E-state index in [4.69, 9.17) is 28.9 Å². The standard InChI is InChI=1S/C42H44FN9O5/c1-23-33(43)16-34-32(18-45-48-34)36(23)37-30(26-6-7-26)15-31-38(46-41(57-29-8-11-54-12-9-29)47-40(31)51-20-27-14-28(51)17-44-27)39(37)56-21-25-4-2-24(3-5-25)19-52-42(53)50-10-13-55-22-35(50)49-52/h2-5,15-16,18,26-29,44H,6-14,17,19-22H2,1H3,(H,45,48)/t27-,28-/m0/s1. The number of anilines is 1. The van der Waals surface area contributed by atoms with Gasteiger partial charge in [0.15, 0.2) is 11.6 Å². The molecular formula is C42H44FN9O5. The molecule has 6 aromatic rings. The predicted octanol–water partition coefficient (Wildman–Crippen LogP) is 5.12. The van der Waals surface area contributed by atoms with Crippen molar-refractivity contribution < 1.29 is 23.3 Å². The lowest BCUT2D eigenvalue weighted by molar-refractivity contribution is 0.0219. The molecule has 57 heavy (non-hydrogen) atoms. The van der Waals surface area contributed by atoms with Crippen LogP contribution in [0.15, 0.2) is 47.4 Å². The molecular weight excluding hydrogens is 730 g/mol. The maximum Gasteiger partial charge on any atom is 0.346 e. The highest BCUT2D eigenvalue weighted by Gasteiger charge is 2.41. The van der Waals surface area contributed by atoms with Gasteiger partial charge < -0.3 is 29.2 Å². The van der Waals surface area contributed by atoms with Crippen LogP contribution in [0.2, 0.25) is 0 Å². The first-order valence-corrected chi connectivity index (χ1v) is 20.2. The topological polar surface area (TPSA) is 146 Å². The van der Waals surface area contributed by atoms with E-state index < -0.39 is 0 Å². The van der Waals surface area contributed by atoms with Gasteiger partial charge in [0, 0.05) is 59.9 Å². The second kappa shape index (κ2) is 13.9. The molecule has 4 aliphatic heterocycles. The Morgan fingerprint density at radius 2 is 1.82 bits per heavy atom. The van der Waals surface area contributed by atoms with Gasteiger partial charge in [-0.2, -0.15) is 20.2 Å². The fourth-order valence-corrected chi connectivity index (χ4v) is 9.16. The molecule has 1 aliphatic carbocycles. The smallest absolute Gasteiger partial charge is 0.346 e. The van der Waals surface area contributed by atoms with E-state index in [1.54, 1.807) is 10.8 Å². The summed E-state index contributed by atoms with van der Waals surface area (Å²) in [4.78, 5) is 25.8. The summed E-state index contributed by atoms with van der Waals surface area (Å²) in [5.41, 5.74) is 6.22. The first kappa shape index (κ1) is 34.8. The van der Waals surface area contributed by atoms with Crippen molar-refractivity contribution >= 4 is 27.6 Å². The van der Waals surface area contributed by atoms with Crippen molar-refractivity contribution in [3.8, 4) is 22.9 Å². The summed E-state index contributed by atoms with van der Waals surface area (Å²) in [6.07, 6.45) is 6.33. The summed E-state index contributed by atoms with van der Waals surface area (Å²) >= 11 is 0. The van der Waals surface area contributed by atoms with Crippen LogP contribution in [0.4, 0.5) is 10.2 Å². The number of ether oxygens (including phenoxy) is 4. The summed E-state index contributed by atoms with van der Waals surface area (Å²) in [6, 6.07) is 12.8. The van der Waals surface area contributed by atoms with Crippen LogP contribution < -0.4 is 25.4 Å². The molecule has 2 N–H and O–H groups in total. The van der Waals surface area contributed by atoms with Crippen molar-refractivity contribution in [2.45, 2.75) is 89.4 Å². The van der Waals surface area contributed by atoms with Crippen molar-refractivity contribution in [2.75, 3.05) is 37.8 Å². The van der Waals surface area contributed by atoms with Gasteiger partial charge in [0.05, 0.1) is 44.6 Å². The predicted molar refractivity (Wildman–Crippen MR) is 209 cm³/mol. The van der Waals surface area contributed by atoms with Crippen LogP contribution >= 0.6 is 0 Å². The lowest BCUT2D eigenvalue weighted by Gasteiger charge is -2.31. The number of hydrogen-bond acceptors (Lipinski definition) is 11. The Labute approximate surface area is 327 Å². The molecule has 2 bridgehead atoms. The number of piperazine rings is 1. The van der Waals surface area contributed by atoms with Crippen molar-refractivity contribution in [3.63, 3.8) is 0 Å². The number of rotatable bonds is 10. The summed E-state index contributed by atoms with van der Waals surface area (Å²) < 4.78 is 43.8. The Balaban J connectivity index is 1.04. The Bertz CT molecular complexity index is 2580. The third-order valence-corrected chi connectivity index (χ3v) is 12.3. The fourth-order valence-electron chi connectivity index (χ4n) is 9.16. The lowest BCUT2D eigenvalue weighted by atomic mass is 9.88. The monoisotopic (exact) mass is 773 g/mol. The molecule has 11 rings (SSSR count). The average molecular weight is 774 g/mol. The summed E-state index contributed by atoms with van der Waals surface area (Å²) in [6.45, 7) is 6.75. The molecule has 0 unspecified atom stereocenters. The minimum absolute atomic E-state index is 0.0679. The van der Waals surface area contributed by atoms with Crippen LogP contribution in [0.3, 0.4) is 0 Å². The zero-order valence-electron chi connectivity index (χ0n) is 31.8. The maximum absolute atomic E-state index is 15.9. The second-order valence-corrected chi connectivity index (χ2v) is 16.1. The molecule has 15 heteroatoms. The number of H-pyrrole nitrogens is 1. The quantitative estimate of drug-likeness (QED) is 0.191. The number of aromatic nitrogens is 7. The molecule has 3 aromatic heterocycles. The van der Waals surface area contributed by atoms with Crippen molar-refractivity contribution in [3.05, 3.63) is 87.0 Å². The summed E-state index contributed by atoms with van der Waals surface area (Å²) in [5, 5.41) is 17.2. The number of fused-ring (bicyclic) bond motifs is 5. The lowest BCUT2D eigenvalue weighted by Crippen LogP contribution is -2.44. The molecule has 5 aliphatic rings. The number of benzene rings is 3. The van der Waals surface area contributed by atoms with Crippen LogP contribution in [-0.2, 0) is 35.8 Å². The zero-order valence-corrected chi connectivity index (χ0v) is 31.8. The Kier molecular flexibility index (Phi) is 8.51. The van der Waals surface area contributed by atoms with E-state index in [0.29, 0.717) is 85.8 Å². The first-order chi connectivity index (χ1) is 27.9. The molecule has 0 spiro atoms. The molecule has 4 fully saturated rings. The summed E-state index contributed by atoms with van der Waals surface area (Å²) in [7, 11) is 0. The van der Waals surface area contributed by atoms with Gasteiger partial charge in [-0.25, -0.2) is 13.9 Å². The van der Waals surface area contributed by atoms with E-state index in [9.17, 15) is 4.79 Å². The number of nitrogens with zero attached hydrogens (tertiary/aromatic N) is 7. The highest BCUT2D eigenvalue weighted by molar-refractivity contribution is 6.06. The first-order valence-electron chi connectivity index (χ1n) is 20.2. The van der Waals surface area contributed by atoms with Crippen molar-refractivity contribution in [1.29, 1.82) is 0 Å². The molecule has 7 heterocycles. The molecule has 3 saturated heterocycles. The van der Waals surface area contributed by atoms with E-state index in [1.165, 1.54) is 10.7 Å². The van der Waals surface area contributed by atoms with Gasteiger partial charge in [-0.3, -0.25) is 9.67 Å². The van der Waals surface area contributed by atoms with E-state index in [0.717, 1.165) is 89.6 Å². The Hall–Kier alpha value is -5.38. The van der Waals surface area contributed by atoms with Crippen LogP contribution in [0.25, 0.3) is 32.9 Å². The molecule has 0 amide bonds. The fraction of sp³-hybridized carbons (Fsp3) is 0.452. The minimum atomic E-state index is -0.317. The number of nitrogens with one attached hydrogen (secondary N) is 2. The van der Waals surface area contributed by atoms with Gasteiger partial charge in [0.2, 0.25) is 0 Å². The van der Waals surface area contributed by atoms with Gasteiger partial charge in [-0.15, -0.1) is 0 Å². The SMILES string of the molecule is Cc1c(F)cc2[nH]ncc2c1-c1c(C2CC2)cc2c(N3C[C@@H]4C[C@H]3CN4)nc(OC3CCOCC3)nc2c1OCc1ccc(Cn2nc3n(c2=O)CCOC3)cc1. The van der Waals surface area contributed by atoms with E-state index in [-0.39, 0.29) is 30.1 Å². The summed E-state index contributed by atoms with van der Waals surface area (Å²) in [5.74, 6) is 2.04. The molecule has 3 aromatic carbocycles. The van der Waals surface area contributed by atoms with E-state index in [1.807, 2.05) is 31.2 Å². The van der Waals surface area contributed by atoms with E-state index in [2.05, 4.69) is 31.6 Å². The second-order valence-electron chi connectivity index (χ2n) is 16.1. The molecule has 1 saturated carbocycles. The van der Waals surface area contributed by atoms with Crippen molar-refractivity contribution in [1.82, 2.24) is 39.8 Å². The third kappa shape index (κ3) is 6.23. The van der Waals surface area contributed by atoms with E-state index >= 15 is 4.39 Å². The van der Waals surface area contributed by atoms with Gasteiger partial charge in [-0.05, 0) is 66.5 Å². The number of aromatic amines is 1. The van der Waals surface area contributed by atoms with Gasteiger partial charge >= 0.3 is 11.7 Å². The van der Waals surface area contributed by atoms with Crippen LogP contribution in [0.5, 0.6) is 11.8 Å². The highest BCUT2D eigenvalue weighted by atomic mass is 19.1. The molecule has 2 atom stereocenters. The zero-order chi connectivity index (χ0) is 38.2. The largest absolute Gasteiger partial charge is 0.486 e. The maximum atomic E-state index is 15.9. The Morgan fingerprint density at radius 3 is 2.60 bits per heavy atom. The third-order valence-electron chi connectivity index (χ3n) is 12.3. The number of halogens is 1. The van der Waals surface area contributed by atoms with Crippen LogP contribution in [0.1, 0.15) is 66.1 Å². The number of hydrogen-bond donors (Lipinski definition) is 2.